The molecule has 36 heavy (non-hydrogen) atoms. The highest BCUT2D eigenvalue weighted by atomic mass is 16.5. The highest BCUT2D eigenvalue weighted by Crippen LogP contribution is 2.70. The Morgan fingerprint density at radius 2 is 1.89 bits per heavy atom. The monoisotopic (exact) mass is 499 g/mol. The Morgan fingerprint density at radius 1 is 1.06 bits per heavy atom. The maximum absolute atomic E-state index is 12.4. The van der Waals surface area contributed by atoms with E-state index in [1.54, 1.807) is 6.26 Å². The number of fused-ring (bicyclic) bond motifs is 5. The van der Waals surface area contributed by atoms with Crippen LogP contribution in [0.15, 0.2) is 27.6 Å². The Morgan fingerprint density at radius 3 is 2.64 bits per heavy atom. The number of nitrogens with zero attached hydrogens (tertiary/aromatic N) is 1. The minimum atomic E-state index is -0.838. The van der Waals surface area contributed by atoms with Crippen LogP contribution in [0.3, 0.4) is 0 Å². The van der Waals surface area contributed by atoms with Crippen LogP contribution in [0.1, 0.15) is 83.1 Å². The number of carbonyl (C=O) groups is 1. The van der Waals surface area contributed by atoms with Crippen LogP contribution in [-0.4, -0.2) is 52.6 Å². The largest absolute Gasteiger partial charge is 0.465 e. The maximum Gasteiger partial charge on any atom is 0.407 e. The van der Waals surface area contributed by atoms with Crippen molar-refractivity contribution in [2.24, 2.45) is 34.5 Å². The highest BCUT2D eigenvalue weighted by Gasteiger charge is 2.67. The molecule has 3 unspecified atom stereocenters. The number of amides is 1. The van der Waals surface area contributed by atoms with Crippen LogP contribution in [0.2, 0.25) is 0 Å². The van der Waals surface area contributed by atoms with Gasteiger partial charge in [0.25, 0.3) is 0 Å². The molecule has 7 heteroatoms. The molecule has 2 N–H and O–H groups in total. The Hall–Kier alpha value is -1.86. The Balaban J connectivity index is 1.20. The van der Waals surface area contributed by atoms with Crippen LogP contribution in [0, 0.1) is 34.5 Å². The normalized spacial score (nSPS) is 46.5. The molecule has 1 amide bonds. The topological polar surface area (TPSA) is 100 Å². The van der Waals surface area contributed by atoms with Gasteiger partial charge in [-0.25, -0.2) is 9.59 Å². The molecule has 4 saturated carbocycles. The molecule has 1 aromatic heterocycles. The van der Waals surface area contributed by atoms with Gasteiger partial charge < -0.3 is 24.3 Å². The van der Waals surface area contributed by atoms with Gasteiger partial charge in [0.15, 0.2) is 0 Å². The summed E-state index contributed by atoms with van der Waals surface area (Å²) in [7, 11) is 0. The summed E-state index contributed by atoms with van der Waals surface area (Å²) in [5, 5.41) is 21.9. The summed E-state index contributed by atoms with van der Waals surface area (Å²) < 4.78 is 11.3. The highest BCUT2D eigenvalue weighted by molar-refractivity contribution is 5.65. The lowest BCUT2D eigenvalue weighted by atomic mass is 9.42. The molecular formula is C29H41NO6. The van der Waals surface area contributed by atoms with Crippen LogP contribution in [-0.2, 0) is 4.74 Å². The van der Waals surface area contributed by atoms with Gasteiger partial charge in [-0.3, -0.25) is 0 Å². The van der Waals surface area contributed by atoms with E-state index in [4.69, 9.17) is 9.15 Å². The van der Waals surface area contributed by atoms with Crippen molar-refractivity contribution in [3.8, 4) is 0 Å². The lowest BCUT2D eigenvalue weighted by molar-refractivity contribution is -0.206. The first-order valence-corrected chi connectivity index (χ1v) is 14.1. The summed E-state index contributed by atoms with van der Waals surface area (Å²) in [5.41, 5.74) is 0.0579. The van der Waals surface area contributed by atoms with Crippen molar-refractivity contribution in [1.29, 1.82) is 0 Å². The third-order valence-electron chi connectivity index (χ3n) is 11.9. The quantitative estimate of drug-likeness (QED) is 0.602. The van der Waals surface area contributed by atoms with E-state index >= 15 is 0 Å². The molecule has 198 valence electrons. The molecule has 7 nitrogen and oxygen atoms in total. The summed E-state index contributed by atoms with van der Waals surface area (Å²) in [6.45, 7) is 6.23. The fourth-order valence-electron chi connectivity index (χ4n) is 9.83. The third-order valence-corrected chi connectivity index (χ3v) is 11.9. The van der Waals surface area contributed by atoms with Gasteiger partial charge in [0, 0.05) is 18.0 Å². The molecule has 5 fully saturated rings. The smallest absolute Gasteiger partial charge is 0.407 e. The van der Waals surface area contributed by atoms with Gasteiger partial charge in [0.1, 0.15) is 0 Å². The first-order chi connectivity index (χ1) is 17.2. The molecule has 2 heterocycles. The van der Waals surface area contributed by atoms with E-state index in [0.717, 1.165) is 63.4 Å². The van der Waals surface area contributed by atoms with Crippen molar-refractivity contribution < 1.29 is 24.2 Å². The van der Waals surface area contributed by atoms with Gasteiger partial charge >= 0.3 is 11.7 Å². The lowest BCUT2D eigenvalue weighted by Crippen LogP contribution is -2.62. The van der Waals surface area contributed by atoms with Crippen molar-refractivity contribution in [1.82, 2.24) is 4.90 Å². The molecule has 6 rings (SSSR count). The van der Waals surface area contributed by atoms with Crippen molar-refractivity contribution in [2.45, 2.75) is 89.3 Å². The average Bonchev–Trinajstić information content (AvgIpc) is 3.15. The standard InChI is InChI=1S/C29H41NO6/c1-27-10-7-18(24-16-30(26(32)33)13-14-35-24)15-20(27)4-5-23-22(27)8-11-28(2)21(9-12-29(23,28)34)19-3-6-25(31)36-17-19/h3,6,17-18,20-24,34H,4-5,7-16H2,1-2H3,(H,32,33)/t18?,20?,21-,22+,23-,24?,27+,28-,29+/m1/s1. The molecule has 5 aliphatic rings. The average molecular weight is 500 g/mol. The second-order valence-electron chi connectivity index (χ2n) is 13.0. The lowest BCUT2D eigenvalue weighted by Gasteiger charge is -2.64. The number of hydrogen-bond donors (Lipinski definition) is 2. The molecule has 0 aromatic carbocycles. The molecule has 9 atom stereocenters. The molecular weight excluding hydrogens is 458 g/mol. The van der Waals surface area contributed by atoms with E-state index in [2.05, 4.69) is 13.8 Å². The SMILES string of the molecule is C[C@]12CCC(C3CN(C(=O)O)CCO3)CC1CC[C@@H]1[C@@H]2CC[C@]2(C)[C@@H](c3ccc(=O)oc3)CC[C@]12O. The first kappa shape index (κ1) is 24.5. The Labute approximate surface area is 213 Å². The van der Waals surface area contributed by atoms with Gasteiger partial charge in [-0.15, -0.1) is 0 Å². The van der Waals surface area contributed by atoms with Gasteiger partial charge in [-0.2, -0.15) is 0 Å². The molecule has 1 aliphatic heterocycles. The minimum Gasteiger partial charge on any atom is -0.465 e. The first-order valence-electron chi connectivity index (χ1n) is 14.1. The number of morpholine rings is 1. The third kappa shape index (κ3) is 3.52. The van der Waals surface area contributed by atoms with Crippen LogP contribution in [0.25, 0.3) is 0 Å². The van der Waals surface area contributed by atoms with Crippen LogP contribution in [0.5, 0.6) is 0 Å². The van der Waals surface area contributed by atoms with Gasteiger partial charge in [0.2, 0.25) is 0 Å². The van der Waals surface area contributed by atoms with Crippen molar-refractivity contribution in [2.75, 3.05) is 19.7 Å². The van der Waals surface area contributed by atoms with E-state index in [1.807, 2.05) is 6.07 Å². The summed E-state index contributed by atoms with van der Waals surface area (Å²) in [6.07, 6.45) is 10.2. The molecule has 1 saturated heterocycles. The van der Waals surface area contributed by atoms with Crippen molar-refractivity contribution in [3.05, 3.63) is 34.4 Å². The van der Waals surface area contributed by atoms with Gasteiger partial charge in [-0.05, 0) is 104 Å². The maximum atomic E-state index is 12.4. The zero-order valence-electron chi connectivity index (χ0n) is 21.7. The Kier molecular flexibility index (Phi) is 5.84. The van der Waals surface area contributed by atoms with Crippen molar-refractivity contribution in [3.63, 3.8) is 0 Å². The number of carboxylic acid groups (broad SMARTS) is 1. The zero-order chi connectivity index (χ0) is 25.3. The molecule has 0 radical (unpaired) electrons. The van der Waals surface area contributed by atoms with Crippen molar-refractivity contribution >= 4 is 6.09 Å². The molecule has 1 aromatic rings. The van der Waals surface area contributed by atoms with E-state index in [0.29, 0.717) is 43.4 Å². The summed E-state index contributed by atoms with van der Waals surface area (Å²) in [5.74, 6) is 2.07. The van der Waals surface area contributed by atoms with E-state index in [9.17, 15) is 19.8 Å². The fraction of sp³-hybridized carbons (Fsp3) is 0.793. The number of rotatable bonds is 2. The molecule has 0 spiro atoms. The van der Waals surface area contributed by atoms with Gasteiger partial charge in [-0.1, -0.05) is 13.8 Å². The number of ether oxygens (including phenoxy) is 1. The predicted molar refractivity (Wildman–Crippen MR) is 134 cm³/mol. The fourth-order valence-corrected chi connectivity index (χ4v) is 9.83. The molecule has 0 bridgehead atoms. The second kappa shape index (κ2) is 8.59. The minimum absolute atomic E-state index is 0.0115. The summed E-state index contributed by atoms with van der Waals surface area (Å²) >= 11 is 0. The van der Waals surface area contributed by atoms with E-state index in [-0.39, 0.29) is 28.5 Å². The van der Waals surface area contributed by atoms with E-state index < -0.39 is 11.7 Å². The zero-order valence-corrected chi connectivity index (χ0v) is 21.7. The predicted octanol–water partition coefficient (Wildman–Crippen LogP) is 4.88. The van der Waals surface area contributed by atoms with E-state index in [1.165, 1.54) is 11.0 Å². The number of hydrogen-bond acceptors (Lipinski definition) is 5. The molecule has 4 aliphatic carbocycles. The Bertz CT molecular complexity index is 1050. The number of aliphatic hydroxyl groups is 1. The van der Waals surface area contributed by atoms with Crippen LogP contribution in [0.4, 0.5) is 4.79 Å². The van der Waals surface area contributed by atoms with Crippen LogP contribution < -0.4 is 5.63 Å². The van der Waals surface area contributed by atoms with Crippen LogP contribution >= 0.6 is 0 Å². The second-order valence-corrected chi connectivity index (χ2v) is 13.0. The van der Waals surface area contributed by atoms with Gasteiger partial charge in [0.05, 0.1) is 31.1 Å². The summed E-state index contributed by atoms with van der Waals surface area (Å²) in [4.78, 5) is 24.6. The summed E-state index contributed by atoms with van der Waals surface area (Å²) in [6, 6.07) is 3.41.